The summed E-state index contributed by atoms with van der Waals surface area (Å²) < 4.78 is 0. The minimum absolute atomic E-state index is 0.0771. The van der Waals surface area contributed by atoms with Crippen LogP contribution in [0, 0.1) is 10.1 Å². The second-order valence-electron chi connectivity index (χ2n) is 4.02. The number of carboxylic acid groups (broad SMARTS) is 1. The van der Waals surface area contributed by atoms with Crippen LogP contribution in [0.3, 0.4) is 0 Å². The molecule has 0 atom stereocenters. The first-order chi connectivity index (χ1) is 9.91. The summed E-state index contributed by atoms with van der Waals surface area (Å²) in [6, 6.07) is 14.4. The Bertz CT molecular complexity index is 648. The molecule has 21 heavy (non-hydrogen) atoms. The third-order valence-electron chi connectivity index (χ3n) is 2.36. The van der Waals surface area contributed by atoms with Gasteiger partial charge in [-0.25, -0.2) is 0 Å². The van der Waals surface area contributed by atoms with Gasteiger partial charge in [-0.2, -0.15) is 0 Å². The standard InChI is InChI=1S/C13H9NO3.C2H4O2/c15-13(10-5-2-1-3-6-10)11-7-4-8-12(9-11)14(16)17;1-2(3)4/h1-9H;1H3,(H,3,4). The first-order valence-electron chi connectivity index (χ1n) is 5.95. The number of ketones is 1. The van der Waals surface area contributed by atoms with Crippen LogP contribution in [-0.2, 0) is 4.79 Å². The number of benzene rings is 2. The molecule has 0 aromatic heterocycles. The number of non-ortho nitro benzene ring substituents is 1. The molecule has 0 spiro atoms. The molecular weight excluding hydrogens is 274 g/mol. The highest BCUT2D eigenvalue weighted by Crippen LogP contribution is 2.16. The van der Waals surface area contributed by atoms with Crippen molar-refractivity contribution in [2.24, 2.45) is 0 Å². The maximum atomic E-state index is 12.0. The topological polar surface area (TPSA) is 97.5 Å². The molecule has 0 bridgehead atoms. The normalized spacial score (nSPS) is 9.19. The Labute approximate surface area is 120 Å². The molecule has 0 amide bonds. The van der Waals surface area contributed by atoms with E-state index in [1.54, 1.807) is 30.3 Å². The molecule has 2 rings (SSSR count). The van der Waals surface area contributed by atoms with E-state index in [-0.39, 0.29) is 11.5 Å². The van der Waals surface area contributed by atoms with E-state index in [2.05, 4.69) is 0 Å². The molecule has 6 nitrogen and oxygen atoms in total. The Morgan fingerprint density at radius 1 is 1.00 bits per heavy atom. The van der Waals surface area contributed by atoms with Crippen molar-refractivity contribution in [2.75, 3.05) is 0 Å². The molecule has 1 N–H and O–H groups in total. The number of carboxylic acids is 1. The van der Waals surface area contributed by atoms with Crippen LogP contribution >= 0.6 is 0 Å². The van der Waals surface area contributed by atoms with Crippen molar-refractivity contribution >= 4 is 17.4 Å². The highest BCUT2D eigenvalue weighted by atomic mass is 16.6. The average Bonchev–Trinajstić information content (AvgIpc) is 2.47. The van der Waals surface area contributed by atoms with Crippen LogP contribution in [0.4, 0.5) is 5.69 Å². The molecule has 2 aromatic carbocycles. The number of rotatable bonds is 3. The SMILES string of the molecule is CC(=O)O.O=C(c1ccccc1)c1cccc([N+](=O)[O-])c1. The molecular formula is C15H13NO5. The summed E-state index contributed by atoms with van der Waals surface area (Å²) in [5, 5.41) is 18.0. The summed E-state index contributed by atoms with van der Waals surface area (Å²) in [7, 11) is 0. The fraction of sp³-hybridized carbons (Fsp3) is 0.0667. The van der Waals surface area contributed by atoms with Crippen LogP contribution in [-0.4, -0.2) is 21.8 Å². The van der Waals surface area contributed by atoms with E-state index in [0.717, 1.165) is 6.92 Å². The first kappa shape index (κ1) is 16.0. The molecule has 0 saturated carbocycles. The van der Waals surface area contributed by atoms with Crippen molar-refractivity contribution in [3.8, 4) is 0 Å². The number of carbonyl (C=O) groups is 2. The third kappa shape index (κ3) is 5.23. The van der Waals surface area contributed by atoms with Gasteiger partial charge in [0.25, 0.3) is 11.7 Å². The van der Waals surface area contributed by atoms with Gasteiger partial charge in [0.05, 0.1) is 4.92 Å². The van der Waals surface area contributed by atoms with Gasteiger partial charge in [0.15, 0.2) is 5.78 Å². The molecule has 0 fully saturated rings. The highest BCUT2D eigenvalue weighted by molar-refractivity contribution is 6.09. The smallest absolute Gasteiger partial charge is 0.300 e. The van der Waals surface area contributed by atoms with Gasteiger partial charge in [-0.1, -0.05) is 42.5 Å². The fourth-order valence-corrected chi connectivity index (χ4v) is 1.52. The number of nitro groups is 1. The molecule has 0 heterocycles. The maximum absolute atomic E-state index is 12.0. The van der Waals surface area contributed by atoms with E-state index in [1.165, 1.54) is 18.2 Å². The lowest BCUT2D eigenvalue weighted by Crippen LogP contribution is -2.01. The zero-order valence-electron chi connectivity index (χ0n) is 11.2. The van der Waals surface area contributed by atoms with Gasteiger partial charge in [-0.05, 0) is 0 Å². The van der Waals surface area contributed by atoms with Gasteiger partial charge in [0.2, 0.25) is 0 Å². The summed E-state index contributed by atoms with van der Waals surface area (Å²) in [4.78, 5) is 31.1. The van der Waals surface area contributed by atoms with Gasteiger partial charge in [-0.15, -0.1) is 0 Å². The predicted octanol–water partition coefficient (Wildman–Crippen LogP) is 2.92. The van der Waals surface area contributed by atoms with Gasteiger partial charge in [0, 0.05) is 30.2 Å². The van der Waals surface area contributed by atoms with Crippen LogP contribution in [0.2, 0.25) is 0 Å². The summed E-state index contributed by atoms with van der Waals surface area (Å²) in [5.41, 5.74) is 0.769. The fourth-order valence-electron chi connectivity index (χ4n) is 1.52. The third-order valence-corrected chi connectivity index (χ3v) is 2.36. The molecule has 0 aliphatic heterocycles. The van der Waals surface area contributed by atoms with Gasteiger partial charge >= 0.3 is 0 Å². The van der Waals surface area contributed by atoms with E-state index in [4.69, 9.17) is 9.90 Å². The van der Waals surface area contributed by atoms with Crippen LogP contribution < -0.4 is 0 Å². The van der Waals surface area contributed by atoms with Crippen molar-refractivity contribution in [2.45, 2.75) is 6.92 Å². The van der Waals surface area contributed by atoms with Crippen LogP contribution in [0.5, 0.6) is 0 Å². The van der Waals surface area contributed by atoms with Crippen molar-refractivity contribution in [1.82, 2.24) is 0 Å². The van der Waals surface area contributed by atoms with Crippen LogP contribution in [0.25, 0.3) is 0 Å². The van der Waals surface area contributed by atoms with Crippen molar-refractivity contribution in [3.63, 3.8) is 0 Å². The summed E-state index contributed by atoms with van der Waals surface area (Å²) in [6.45, 7) is 1.08. The van der Waals surface area contributed by atoms with E-state index in [0.29, 0.717) is 11.1 Å². The Hall–Kier alpha value is -3.02. The van der Waals surface area contributed by atoms with E-state index in [9.17, 15) is 14.9 Å². The minimum Gasteiger partial charge on any atom is -0.481 e. The maximum Gasteiger partial charge on any atom is 0.300 e. The lowest BCUT2D eigenvalue weighted by atomic mass is 10.0. The lowest BCUT2D eigenvalue weighted by molar-refractivity contribution is -0.384. The van der Waals surface area contributed by atoms with Gasteiger partial charge in [0.1, 0.15) is 0 Å². The Kier molecular flexibility index (Phi) is 5.76. The first-order valence-corrected chi connectivity index (χ1v) is 5.95. The molecule has 0 unspecified atom stereocenters. The summed E-state index contributed by atoms with van der Waals surface area (Å²) >= 11 is 0. The van der Waals surface area contributed by atoms with Gasteiger partial charge in [-0.3, -0.25) is 19.7 Å². The van der Waals surface area contributed by atoms with Crippen LogP contribution in [0.15, 0.2) is 54.6 Å². The van der Waals surface area contributed by atoms with E-state index in [1.807, 2.05) is 6.07 Å². The van der Waals surface area contributed by atoms with E-state index < -0.39 is 10.9 Å². The number of hydrogen-bond acceptors (Lipinski definition) is 4. The Morgan fingerprint density at radius 3 is 2.05 bits per heavy atom. The van der Waals surface area contributed by atoms with Crippen molar-refractivity contribution < 1.29 is 19.6 Å². The minimum atomic E-state index is -0.833. The number of nitro benzene ring substituents is 1. The Balaban J connectivity index is 0.000000491. The zero-order chi connectivity index (χ0) is 15.8. The number of hydrogen-bond donors (Lipinski definition) is 1. The second-order valence-corrected chi connectivity index (χ2v) is 4.02. The molecule has 0 saturated heterocycles. The molecule has 2 aromatic rings. The predicted molar refractivity (Wildman–Crippen MR) is 76.3 cm³/mol. The highest BCUT2D eigenvalue weighted by Gasteiger charge is 2.12. The average molecular weight is 287 g/mol. The molecule has 0 aliphatic rings. The monoisotopic (exact) mass is 287 g/mol. The van der Waals surface area contributed by atoms with E-state index >= 15 is 0 Å². The second kappa shape index (κ2) is 7.54. The Morgan fingerprint density at radius 2 is 1.52 bits per heavy atom. The van der Waals surface area contributed by atoms with Gasteiger partial charge < -0.3 is 5.11 Å². The molecule has 6 heteroatoms. The molecule has 108 valence electrons. The largest absolute Gasteiger partial charge is 0.481 e. The number of carbonyl (C=O) groups excluding carboxylic acids is 1. The number of nitrogens with zero attached hydrogens (tertiary/aromatic N) is 1. The molecule has 0 aliphatic carbocycles. The van der Waals surface area contributed by atoms with Crippen molar-refractivity contribution in [3.05, 3.63) is 75.8 Å². The summed E-state index contributed by atoms with van der Waals surface area (Å²) in [5.74, 6) is -1.05. The summed E-state index contributed by atoms with van der Waals surface area (Å²) in [6.07, 6.45) is 0. The molecule has 0 radical (unpaired) electrons. The number of aliphatic carboxylic acids is 1. The van der Waals surface area contributed by atoms with Crippen molar-refractivity contribution in [1.29, 1.82) is 0 Å². The zero-order valence-corrected chi connectivity index (χ0v) is 11.2. The lowest BCUT2D eigenvalue weighted by Gasteiger charge is -2.00. The van der Waals surface area contributed by atoms with Crippen LogP contribution in [0.1, 0.15) is 22.8 Å². The quantitative estimate of drug-likeness (QED) is 0.531.